The maximum absolute atomic E-state index is 12.4. The minimum atomic E-state index is -0.114. The first-order valence-corrected chi connectivity index (χ1v) is 8.52. The number of carbonyl (C=O) groups is 1. The molecule has 2 aromatic heterocycles. The van der Waals surface area contributed by atoms with Gasteiger partial charge in [-0.3, -0.25) is 9.78 Å². The summed E-state index contributed by atoms with van der Waals surface area (Å²) >= 11 is 0. The quantitative estimate of drug-likeness (QED) is 0.703. The molecule has 3 heterocycles. The van der Waals surface area contributed by atoms with Gasteiger partial charge in [0.15, 0.2) is 0 Å². The number of rotatable bonds is 5. The lowest BCUT2D eigenvalue weighted by atomic mass is 10.1. The molecule has 7 nitrogen and oxygen atoms in total. The molecule has 1 fully saturated rings. The number of ether oxygens (including phenoxy) is 1. The van der Waals surface area contributed by atoms with E-state index in [2.05, 4.69) is 15.1 Å². The summed E-state index contributed by atoms with van der Waals surface area (Å²) in [6.45, 7) is 3.07. The van der Waals surface area contributed by atoms with E-state index in [1.165, 1.54) is 0 Å². The van der Waals surface area contributed by atoms with Crippen LogP contribution in [0.5, 0.6) is 5.75 Å². The van der Waals surface area contributed by atoms with Crippen LogP contribution in [0, 0.1) is 0 Å². The Morgan fingerprint density at radius 2 is 1.96 bits per heavy atom. The van der Waals surface area contributed by atoms with Gasteiger partial charge in [-0.2, -0.15) is 4.98 Å². The minimum Gasteiger partial charge on any atom is -0.494 e. The average Bonchev–Trinajstić information content (AvgIpc) is 3.30. The van der Waals surface area contributed by atoms with Crippen LogP contribution in [0.4, 0.5) is 5.69 Å². The summed E-state index contributed by atoms with van der Waals surface area (Å²) in [5, 5.41) is 4.03. The molecule has 3 aromatic rings. The number of nitrogens with zero attached hydrogens (tertiary/aromatic N) is 4. The van der Waals surface area contributed by atoms with Gasteiger partial charge in [-0.25, -0.2) is 0 Å². The molecule has 1 atom stereocenters. The molecule has 1 saturated heterocycles. The molecule has 1 aliphatic rings. The average molecular weight is 350 g/mol. The Morgan fingerprint density at radius 1 is 1.19 bits per heavy atom. The first kappa shape index (κ1) is 16.3. The minimum absolute atomic E-state index is 0.0443. The highest BCUT2D eigenvalue weighted by Gasteiger charge is 2.35. The summed E-state index contributed by atoms with van der Waals surface area (Å²) in [5.74, 6) is 1.71. The van der Waals surface area contributed by atoms with E-state index in [1.54, 1.807) is 17.3 Å². The first-order valence-electron chi connectivity index (χ1n) is 8.52. The SMILES string of the molecule is CCOc1ccc(N2C[C@@H](c3nc(-c4ccncc4)no3)CC2=O)cc1. The normalized spacial score (nSPS) is 16.9. The van der Waals surface area contributed by atoms with Gasteiger partial charge >= 0.3 is 0 Å². The zero-order chi connectivity index (χ0) is 17.9. The Kier molecular flexibility index (Phi) is 4.35. The molecule has 132 valence electrons. The van der Waals surface area contributed by atoms with E-state index in [0.717, 1.165) is 17.0 Å². The monoisotopic (exact) mass is 350 g/mol. The van der Waals surface area contributed by atoms with Gasteiger partial charge in [0.25, 0.3) is 0 Å². The van der Waals surface area contributed by atoms with Gasteiger partial charge in [0, 0.05) is 36.6 Å². The molecule has 7 heteroatoms. The standard InChI is InChI=1S/C19H18N4O3/c1-2-25-16-5-3-15(4-6-16)23-12-14(11-17(23)24)19-21-18(22-26-19)13-7-9-20-10-8-13/h3-10,14H,2,11-12H2,1H3/t14-/m0/s1. The molecule has 0 spiro atoms. The van der Waals surface area contributed by atoms with E-state index in [9.17, 15) is 4.79 Å². The predicted octanol–water partition coefficient (Wildman–Crippen LogP) is 3.05. The fourth-order valence-corrected chi connectivity index (χ4v) is 3.03. The zero-order valence-corrected chi connectivity index (χ0v) is 14.3. The molecule has 1 aromatic carbocycles. The van der Waals surface area contributed by atoms with Gasteiger partial charge in [0.2, 0.25) is 17.6 Å². The Balaban J connectivity index is 1.50. The Hall–Kier alpha value is -3.22. The highest BCUT2D eigenvalue weighted by molar-refractivity contribution is 5.96. The van der Waals surface area contributed by atoms with Gasteiger partial charge in [0.1, 0.15) is 5.75 Å². The predicted molar refractivity (Wildman–Crippen MR) is 94.9 cm³/mol. The lowest BCUT2D eigenvalue weighted by Gasteiger charge is -2.16. The molecular weight excluding hydrogens is 332 g/mol. The van der Waals surface area contributed by atoms with E-state index in [1.807, 2.05) is 43.3 Å². The molecule has 1 amide bonds. The fraction of sp³-hybridized carbons (Fsp3) is 0.263. The fourth-order valence-electron chi connectivity index (χ4n) is 3.03. The van der Waals surface area contributed by atoms with Crippen molar-refractivity contribution in [3.8, 4) is 17.1 Å². The molecular formula is C19H18N4O3. The van der Waals surface area contributed by atoms with Crippen molar-refractivity contribution in [2.75, 3.05) is 18.1 Å². The number of hydrogen-bond donors (Lipinski definition) is 0. The van der Waals surface area contributed by atoms with Crippen LogP contribution >= 0.6 is 0 Å². The zero-order valence-electron chi connectivity index (χ0n) is 14.3. The van der Waals surface area contributed by atoms with Crippen molar-refractivity contribution in [2.24, 2.45) is 0 Å². The van der Waals surface area contributed by atoms with Gasteiger partial charge in [-0.05, 0) is 43.3 Å². The Bertz CT molecular complexity index is 893. The topological polar surface area (TPSA) is 81.3 Å². The van der Waals surface area contributed by atoms with Crippen molar-refractivity contribution in [3.63, 3.8) is 0 Å². The second kappa shape index (κ2) is 6.95. The van der Waals surface area contributed by atoms with Crippen LogP contribution in [0.25, 0.3) is 11.4 Å². The molecule has 0 N–H and O–H groups in total. The van der Waals surface area contributed by atoms with Crippen molar-refractivity contribution in [1.29, 1.82) is 0 Å². The first-order chi connectivity index (χ1) is 12.7. The van der Waals surface area contributed by atoms with Gasteiger partial charge in [0.05, 0.1) is 12.5 Å². The highest BCUT2D eigenvalue weighted by Crippen LogP contribution is 2.32. The number of pyridine rings is 1. The van der Waals surface area contributed by atoms with Crippen LogP contribution < -0.4 is 9.64 Å². The van der Waals surface area contributed by atoms with E-state index in [0.29, 0.717) is 31.3 Å². The lowest BCUT2D eigenvalue weighted by Crippen LogP contribution is -2.24. The third kappa shape index (κ3) is 3.15. The van der Waals surface area contributed by atoms with Crippen molar-refractivity contribution in [2.45, 2.75) is 19.3 Å². The van der Waals surface area contributed by atoms with Gasteiger partial charge in [-0.1, -0.05) is 5.16 Å². The van der Waals surface area contributed by atoms with Crippen LogP contribution in [0.2, 0.25) is 0 Å². The number of carbonyl (C=O) groups excluding carboxylic acids is 1. The summed E-state index contributed by atoms with van der Waals surface area (Å²) in [7, 11) is 0. The number of benzene rings is 1. The number of anilines is 1. The summed E-state index contributed by atoms with van der Waals surface area (Å²) in [4.78, 5) is 22.6. The molecule has 0 bridgehead atoms. The molecule has 0 saturated carbocycles. The van der Waals surface area contributed by atoms with Crippen LogP contribution in [0.3, 0.4) is 0 Å². The summed E-state index contributed by atoms with van der Waals surface area (Å²) < 4.78 is 10.9. The second-order valence-corrected chi connectivity index (χ2v) is 6.02. The largest absolute Gasteiger partial charge is 0.494 e. The summed E-state index contributed by atoms with van der Waals surface area (Å²) in [5.41, 5.74) is 1.68. The van der Waals surface area contributed by atoms with E-state index in [4.69, 9.17) is 9.26 Å². The molecule has 1 aliphatic heterocycles. The van der Waals surface area contributed by atoms with Crippen molar-refractivity contribution in [1.82, 2.24) is 15.1 Å². The van der Waals surface area contributed by atoms with Crippen molar-refractivity contribution < 1.29 is 14.1 Å². The van der Waals surface area contributed by atoms with E-state index >= 15 is 0 Å². The molecule has 26 heavy (non-hydrogen) atoms. The lowest BCUT2D eigenvalue weighted by molar-refractivity contribution is -0.117. The smallest absolute Gasteiger partial charge is 0.232 e. The van der Waals surface area contributed by atoms with Gasteiger partial charge < -0.3 is 14.2 Å². The van der Waals surface area contributed by atoms with Crippen LogP contribution in [0.1, 0.15) is 25.2 Å². The van der Waals surface area contributed by atoms with E-state index in [-0.39, 0.29) is 11.8 Å². The maximum Gasteiger partial charge on any atom is 0.232 e. The Labute approximate surface area is 150 Å². The molecule has 4 rings (SSSR count). The van der Waals surface area contributed by atoms with E-state index < -0.39 is 0 Å². The molecule has 0 aliphatic carbocycles. The number of amides is 1. The molecule has 0 unspecified atom stereocenters. The third-order valence-electron chi connectivity index (χ3n) is 4.31. The highest BCUT2D eigenvalue weighted by atomic mass is 16.5. The van der Waals surface area contributed by atoms with Gasteiger partial charge in [-0.15, -0.1) is 0 Å². The summed E-state index contributed by atoms with van der Waals surface area (Å²) in [6, 6.07) is 11.2. The number of hydrogen-bond acceptors (Lipinski definition) is 6. The Morgan fingerprint density at radius 3 is 2.69 bits per heavy atom. The third-order valence-corrected chi connectivity index (χ3v) is 4.31. The van der Waals surface area contributed by atoms with Crippen LogP contribution in [-0.2, 0) is 4.79 Å². The number of aromatic nitrogens is 3. The van der Waals surface area contributed by atoms with Crippen molar-refractivity contribution >= 4 is 11.6 Å². The van der Waals surface area contributed by atoms with Crippen LogP contribution in [-0.4, -0.2) is 34.2 Å². The van der Waals surface area contributed by atoms with Crippen LogP contribution in [0.15, 0.2) is 53.3 Å². The second-order valence-electron chi connectivity index (χ2n) is 6.02. The summed E-state index contributed by atoms with van der Waals surface area (Å²) in [6.07, 6.45) is 3.71. The maximum atomic E-state index is 12.4. The molecule has 0 radical (unpaired) electrons. The van der Waals surface area contributed by atoms with Crippen molar-refractivity contribution in [3.05, 3.63) is 54.7 Å².